The van der Waals surface area contributed by atoms with Crippen molar-refractivity contribution >= 4 is 5.97 Å². The Morgan fingerprint density at radius 1 is 1.59 bits per heavy atom. The fraction of sp³-hybridized carbons (Fsp3) is 0.417. The van der Waals surface area contributed by atoms with Crippen LogP contribution in [0.25, 0.3) is 0 Å². The average molecular weight is 240 g/mol. The van der Waals surface area contributed by atoms with Crippen molar-refractivity contribution in [2.75, 3.05) is 6.61 Å². The van der Waals surface area contributed by atoms with Gasteiger partial charge in [-0.2, -0.15) is 0 Å². The molecule has 0 spiro atoms. The molecule has 92 valence electrons. The van der Waals surface area contributed by atoms with Crippen molar-refractivity contribution in [3.05, 3.63) is 29.6 Å². The second-order valence-electron chi connectivity index (χ2n) is 3.93. The molecule has 4 nitrogen and oxygen atoms in total. The van der Waals surface area contributed by atoms with E-state index in [1.807, 2.05) is 0 Å². The second-order valence-corrected chi connectivity index (χ2v) is 3.93. The Balaban J connectivity index is 2.14. The Hall–Kier alpha value is -1.62. The number of ether oxygens (including phenoxy) is 2. The molecule has 1 N–H and O–H groups in total. The van der Waals surface area contributed by atoms with E-state index in [-0.39, 0.29) is 5.75 Å². The molecule has 1 fully saturated rings. The monoisotopic (exact) mass is 240 g/mol. The smallest absolute Gasteiger partial charge is 0.347 e. The third kappa shape index (κ3) is 2.55. The number of carbonyl (C=O) groups excluding carboxylic acids is 1. The predicted molar refractivity (Wildman–Crippen MR) is 57.0 cm³/mol. The van der Waals surface area contributed by atoms with Gasteiger partial charge >= 0.3 is 5.97 Å². The first-order valence-corrected chi connectivity index (χ1v) is 5.38. The van der Waals surface area contributed by atoms with Gasteiger partial charge in [0.1, 0.15) is 0 Å². The molecule has 0 aromatic heterocycles. The number of aliphatic hydroxyl groups is 1. The number of aliphatic hydroxyl groups excluding tert-OH is 1. The summed E-state index contributed by atoms with van der Waals surface area (Å²) in [6.45, 7) is 1.85. The Kier molecular flexibility index (Phi) is 3.28. The van der Waals surface area contributed by atoms with Crippen molar-refractivity contribution in [3.63, 3.8) is 0 Å². The van der Waals surface area contributed by atoms with Crippen molar-refractivity contribution in [3.8, 4) is 5.75 Å². The topological polar surface area (TPSA) is 55.8 Å². The lowest BCUT2D eigenvalue weighted by molar-refractivity contribution is -0.143. The molecule has 1 aromatic carbocycles. The summed E-state index contributed by atoms with van der Waals surface area (Å²) in [5.74, 6) is -1.06. The lowest BCUT2D eigenvalue weighted by Crippen LogP contribution is -2.22. The van der Waals surface area contributed by atoms with E-state index in [0.717, 1.165) is 0 Å². The summed E-state index contributed by atoms with van der Waals surface area (Å²) in [5.41, 5.74) is 0.462. The summed E-state index contributed by atoms with van der Waals surface area (Å²) in [7, 11) is 0. The lowest BCUT2D eigenvalue weighted by Gasteiger charge is -2.12. The molecule has 0 bridgehead atoms. The van der Waals surface area contributed by atoms with E-state index in [1.165, 1.54) is 12.1 Å². The predicted octanol–water partition coefficient (Wildman–Crippen LogP) is 1.57. The fourth-order valence-corrected chi connectivity index (χ4v) is 1.61. The molecule has 5 heteroatoms. The van der Waals surface area contributed by atoms with E-state index in [0.29, 0.717) is 18.6 Å². The zero-order valence-corrected chi connectivity index (χ0v) is 9.35. The van der Waals surface area contributed by atoms with Crippen LogP contribution in [0, 0.1) is 5.82 Å². The van der Waals surface area contributed by atoms with Gasteiger partial charge in [-0.1, -0.05) is 6.07 Å². The summed E-state index contributed by atoms with van der Waals surface area (Å²) in [6.07, 6.45) is -1.05. The minimum absolute atomic E-state index is 0.00162. The minimum Gasteiger partial charge on any atom is -0.476 e. The van der Waals surface area contributed by atoms with Gasteiger partial charge in [0, 0.05) is 6.42 Å². The molecule has 1 saturated heterocycles. The molecular formula is C12H13FO4. The summed E-state index contributed by atoms with van der Waals surface area (Å²) in [5, 5.41) is 9.28. The van der Waals surface area contributed by atoms with Crippen LogP contribution in [-0.2, 0) is 9.53 Å². The number of halogens is 1. The molecule has 1 aliphatic heterocycles. The van der Waals surface area contributed by atoms with Crippen LogP contribution in [0.1, 0.15) is 25.0 Å². The van der Waals surface area contributed by atoms with Crippen LogP contribution in [0.5, 0.6) is 5.75 Å². The number of cyclic esters (lactones) is 1. The first-order chi connectivity index (χ1) is 8.08. The van der Waals surface area contributed by atoms with Gasteiger partial charge in [0.15, 0.2) is 17.7 Å². The standard InChI is InChI=1S/C12H13FO4/c1-7(14)8-2-3-10(9(13)6-8)17-11-4-5-16-12(11)15/h2-3,6-7,11,14H,4-5H2,1H3/t7-,11?/m0/s1. The molecular weight excluding hydrogens is 227 g/mol. The number of hydrogen-bond donors (Lipinski definition) is 1. The maximum Gasteiger partial charge on any atom is 0.347 e. The molecule has 0 radical (unpaired) electrons. The van der Waals surface area contributed by atoms with Crippen molar-refractivity contribution in [1.82, 2.24) is 0 Å². The Morgan fingerprint density at radius 2 is 2.35 bits per heavy atom. The molecule has 17 heavy (non-hydrogen) atoms. The summed E-state index contributed by atoms with van der Waals surface area (Å²) >= 11 is 0. The molecule has 2 rings (SSSR count). The van der Waals surface area contributed by atoms with Gasteiger partial charge < -0.3 is 14.6 Å². The third-order valence-electron chi connectivity index (χ3n) is 2.59. The molecule has 0 aliphatic carbocycles. The highest BCUT2D eigenvalue weighted by molar-refractivity contribution is 5.76. The molecule has 0 saturated carbocycles. The molecule has 2 atom stereocenters. The van der Waals surface area contributed by atoms with Gasteiger partial charge in [0.2, 0.25) is 0 Å². The van der Waals surface area contributed by atoms with Gasteiger partial charge in [0.05, 0.1) is 12.7 Å². The van der Waals surface area contributed by atoms with Gasteiger partial charge in [-0.3, -0.25) is 0 Å². The number of benzene rings is 1. The maximum absolute atomic E-state index is 13.6. The number of rotatable bonds is 3. The van der Waals surface area contributed by atoms with Crippen molar-refractivity contribution in [2.24, 2.45) is 0 Å². The van der Waals surface area contributed by atoms with Crippen molar-refractivity contribution in [2.45, 2.75) is 25.6 Å². The Labute approximate surface area is 98.0 Å². The quantitative estimate of drug-likeness (QED) is 0.815. The van der Waals surface area contributed by atoms with Crippen LogP contribution < -0.4 is 4.74 Å². The van der Waals surface area contributed by atoms with Crippen LogP contribution in [0.4, 0.5) is 4.39 Å². The zero-order chi connectivity index (χ0) is 12.4. The van der Waals surface area contributed by atoms with Crippen LogP contribution in [-0.4, -0.2) is 23.8 Å². The van der Waals surface area contributed by atoms with E-state index >= 15 is 0 Å². The third-order valence-corrected chi connectivity index (χ3v) is 2.59. The Bertz CT molecular complexity index is 431. The second kappa shape index (κ2) is 4.71. The van der Waals surface area contributed by atoms with Crippen LogP contribution in [0.15, 0.2) is 18.2 Å². The summed E-state index contributed by atoms with van der Waals surface area (Å²) in [6, 6.07) is 4.16. The highest BCUT2D eigenvalue weighted by atomic mass is 19.1. The Morgan fingerprint density at radius 3 is 2.88 bits per heavy atom. The van der Waals surface area contributed by atoms with Gasteiger partial charge in [-0.25, -0.2) is 9.18 Å². The van der Waals surface area contributed by atoms with E-state index in [9.17, 15) is 14.3 Å². The molecule has 1 aliphatic rings. The zero-order valence-electron chi connectivity index (χ0n) is 9.35. The largest absolute Gasteiger partial charge is 0.476 e. The highest BCUT2D eigenvalue weighted by Gasteiger charge is 2.29. The van der Waals surface area contributed by atoms with Gasteiger partial charge in [-0.15, -0.1) is 0 Å². The van der Waals surface area contributed by atoms with E-state index < -0.39 is 24.0 Å². The van der Waals surface area contributed by atoms with Gasteiger partial charge in [0.25, 0.3) is 0 Å². The number of carbonyl (C=O) groups is 1. The first-order valence-electron chi connectivity index (χ1n) is 5.38. The lowest BCUT2D eigenvalue weighted by atomic mass is 10.1. The summed E-state index contributed by atoms with van der Waals surface area (Å²) in [4.78, 5) is 11.2. The van der Waals surface area contributed by atoms with Crippen molar-refractivity contribution < 1.29 is 23.8 Å². The van der Waals surface area contributed by atoms with E-state index in [2.05, 4.69) is 0 Å². The average Bonchev–Trinajstić information content (AvgIpc) is 2.67. The first kappa shape index (κ1) is 11.9. The molecule has 1 aromatic rings. The van der Waals surface area contributed by atoms with E-state index in [1.54, 1.807) is 13.0 Å². The molecule has 1 heterocycles. The summed E-state index contributed by atoms with van der Waals surface area (Å²) < 4.78 is 23.5. The van der Waals surface area contributed by atoms with Crippen LogP contribution >= 0.6 is 0 Å². The maximum atomic E-state index is 13.6. The molecule has 1 unspecified atom stereocenters. The highest BCUT2D eigenvalue weighted by Crippen LogP contribution is 2.24. The van der Waals surface area contributed by atoms with E-state index in [4.69, 9.17) is 9.47 Å². The van der Waals surface area contributed by atoms with Crippen LogP contribution in [0.3, 0.4) is 0 Å². The SMILES string of the molecule is C[C@H](O)c1ccc(OC2CCOC2=O)c(F)c1. The number of esters is 1. The van der Waals surface area contributed by atoms with Crippen molar-refractivity contribution in [1.29, 1.82) is 0 Å². The fourth-order valence-electron chi connectivity index (χ4n) is 1.61. The number of hydrogen-bond acceptors (Lipinski definition) is 4. The molecule has 0 amide bonds. The minimum atomic E-state index is -0.741. The van der Waals surface area contributed by atoms with Gasteiger partial charge in [-0.05, 0) is 24.6 Å². The van der Waals surface area contributed by atoms with Crippen LogP contribution in [0.2, 0.25) is 0 Å². The normalized spacial score (nSPS) is 21.1.